The molecule has 0 amide bonds. The summed E-state index contributed by atoms with van der Waals surface area (Å²) in [4.78, 5) is 14.4. The molecule has 10 heteroatoms. The Balaban J connectivity index is 0.000000652. The summed E-state index contributed by atoms with van der Waals surface area (Å²) in [5.41, 5.74) is 2.38. The van der Waals surface area contributed by atoms with E-state index in [1.165, 1.54) is 19.4 Å². The molecule has 0 radical (unpaired) electrons. The first kappa shape index (κ1) is 27.0. The van der Waals surface area contributed by atoms with E-state index in [9.17, 15) is 4.79 Å². The summed E-state index contributed by atoms with van der Waals surface area (Å²) in [6, 6.07) is 10.8. The van der Waals surface area contributed by atoms with Crippen molar-refractivity contribution in [3.8, 4) is 0 Å². The largest absolute Gasteiger partial charge is 1.00 e. The van der Waals surface area contributed by atoms with E-state index in [0.717, 1.165) is 11.1 Å². The molecule has 0 atom stereocenters. The highest BCUT2D eigenvalue weighted by Crippen LogP contribution is 1.95. The van der Waals surface area contributed by atoms with Gasteiger partial charge in [-0.25, -0.2) is 0 Å². The van der Waals surface area contributed by atoms with Crippen molar-refractivity contribution in [3.63, 3.8) is 0 Å². The van der Waals surface area contributed by atoms with Crippen LogP contribution in [0.4, 0.5) is 0 Å². The van der Waals surface area contributed by atoms with Gasteiger partial charge in [0.15, 0.2) is 30.6 Å². The number of halogens is 2. The van der Waals surface area contributed by atoms with Crippen molar-refractivity contribution in [1.82, 2.24) is 4.98 Å². The quantitative estimate of drug-likeness (QED) is 0.113. The fourth-order valence-electron chi connectivity index (χ4n) is 2.21. The maximum Gasteiger partial charge on any atom is 0.343 e. The Morgan fingerprint density at radius 2 is 1.27 bits per heavy atom. The molecule has 0 aromatic carbocycles. The van der Waals surface area contributed by atoms with E-state index in [1.807, 2.05) is 58.2 Å². The van der Waals surface area contributed by atoms with Crippen LogP contribution in [0.15, 0.2) is 83.9 Å². The lowest BCUT2D eigenvalue weighted by Crippen LogP contribution is -3.00. The molecule has 0 saturated carbocycles. The first-order valence-corrected chi connectivity index (χ1v) is 8.36. The average molecular weight is 539 g/mol. The van der Waals surface area contributed by atoms with E-state index in [4.69, 9.17) is 10.4 Å². The standard InChI is InChI=1S/C13H12N4O2.C7H7NO.2BrH/c18-14-9-12-1-5-16(6-2-12)11-17-7-3-13(4-8-17)10-15-19;1-6(9)7-2-4-8-5-3-7;;/h1-10H,11H2;2-5H,1H3;2*1H. The van der Waals surface area contributed by atoms with Gasteiger partial charge in [0.2, 0.25) is 0 Å². The number of aromatic nitrogens is 3. The van der Waals surface area contributed by atoms with Gasteiger partial charge in [0.25, 0.3) is 0 Å². The third-order valence-corrected chi connectivity index (χ3v) is 3.66. The Bertz CT molecular complexity index is 881. The Morgan fingerprint density at radius 1 is 0.867 bits per heavy atom. The summed E-state index contributed by atoms with van der Waals surface area (Å²) in [5, 5.41) is 22.8. The van der Waals surface area contributed by atoms with E-state index in [-0.39, 0.29) is 39.7 Å². The van der Waals surface area contributed by atoms with E-state index in [0.29, 0.717) is 12.2 Å². The summed E-state index contributed by atoms with van der Waals surface area (Å²) in [5.74, 6) is 0.0809. The van der Waals surface area contributed by atoms with Crippen molar-refractivity contribution >= 4 is 18.2 Å². The molecule has 0 saturated heterocycles. The van der Waals surface area contributed by atoms with Gasteiger partial charge in [-0.05, 0) is 19.1 Å². The minimum atomic E-state index is 0. The highest BCUT2D eigenvalue weighted by molar-refractivity contribution is 5.93. The zero-order chi connectivity index (χ0) is 20.2. The van der Waals surface area contributed by atoms with Crippen LogP contribution in [0.2, 0.25) is 0 Å². The normalized spacial score (nSPS) is 9.90. The number of hydrogen-bond donors (Lipinski definition) is 2. The second-order valence-electron chi connectivity index (χ2n) is 5.71. The first-order valence-electron chi connectivity index (χ1n) is 8.36. The minimum absolute atomic E-state index is 0. The van der Waals surface area contributed by atoms with Crippen LogP contribution in [0.25, 0.3) is 0 Å². The van der Waals surface area contributed by atoms with Crippen LogP contribution in [-0.2, 0) is 6.67 Å². The van der Waals surface area contributed by atoms with Gasteiger partial charge in [-0.2, -0.15) is 0 Å². The number of nitrogens with zero attached hydrogens (tertiary/aromatic N) is 5. The molecule has 0 aliphatic rings. The van der Waals surface area contributed by atoms with E-state index < -0.39 is 0 Å². The Morgan fingerprint density at radius 3 is 1.57 bits per heavy atom. The molecule has 3 aromatic rings. The van der Waals surface area contributed by atoms with Crippen molar-refractivity contribution < 1.29 is 58.3 Å². The molecule has 158 valence electrons. The highest BCUT2D eigenvalue weighted by Gasteiger charge is 2.07. The Kier molecular flexibility index (Phi) is 13.5. The van der Waals surface area contributed by atoms with Gasteiger partial charge in [0.05, 0.1) is 12.4 Å². The number of ketones is 1. The lowest BCUT2D eigenvalue weighted by molar-refractivity contribution is -0.913. The molecular formula is C20H21Br2N5O3. The van der Waals surface area contributed by atoms with Gasteiger partial charge in [0.1, 0.15) is 0 Å². The van der Waals surface area contributed by atoms with E-state index in [2.05, 4.69) is 15.3 Å². The van der Waals surface area contributed by atoms with Gasteiger partial charge >= 0.3 is 6.67 Å². The van der Waals surface area contributed by atoms with Gasteiger partial charge in [-0.15, -0.1) is 9.13 Å². The van der Waals surface area contributed by atoms with Gasteiger partial charge in [0, 0.05) is 53.3 Å². The number of Topliss-reactive ketones (excluding diaryl/α,β-unsaturated/α-hetero) is 1. The van der Waals surface area contributed by atoms with Crippen LogP contribution in [-0.4, -0.2) is 33.6 Å². The summed E-state index contributed by atoms with van der Waals surface area (Å²) in [7, 11) is 0. The lowest BCUT2D eigenvalue weighted by atomic mass is 10.2. The van der Waals surface area contributed by atoms with Crippen molar-refractivity contribution in [2.24, 2.45) is 10.3 Å². The zero-order valence-electron chi connectivity index (χ0n) is 16.1. The van der Waals surface area contributed by atoms with Crippen molar-refractivity contribution in [3.05, 3.63) is 90.3 Å². The smallest absolute Gasteiger partial charge is 0.343 e. The van der Waals surface area contributed by atoms with Crippen molar-refractivity contribution in [1.29, 1.82) is 0 Å². The molecule has 0 bridgehead atoms. The average Bonchev–Trinajstić information content (AvgIpc) is 2.72. The molecular weight excluding hydrogens is 518 g/mol. The SMILES string of the molecule is CC(=O)c1ccncc1.O/N=C\c1cc[n+](C[n+]2ccc(/C=N\O)cc2)cc1.[Br-].[Br-]. The van der Waals surface area contributed by atoms with Crippen molar-refractivity contribution in [2.45, 2.75) is 13.6 Å². The number of hydrogen-bond acceptors (Lipinski definition) is 6. The third kappa shape index (κ3) is 9.48. The van der Waals surface area contributed by atoms with Crippen LogP contribution in [0.3, 0.4) is 0 Å². The number of pyridine rings is 3. The van der Waals surface area contributed by atoms with Crippen LogP contribution < -0.4 is 43.1 Å². The number of rotatable bonds is 5. The molecule has 0 fully saturated rings. The molecule has 30 heavy (non-hydrogen) atoms. The topological polar surface area (TPSA) is 103 Å². The van der Waals surface area contributed by atoms with Gasteiger partial charge in [-0.1, -0.05) is 10.3 Å². The summed E-state index contributed by atoms with van der Waals surface area (Å²) >= 11 is 0. The Hall–Kier alpha value is -2.98. The number of carbonyl (C=O) groups excluding carboxylic acids is 1. The molecule has 0 aliphatic heterocycles. The molecule has 0 unspecified atom stereocenters. The molecule has 0 spiro atoms. The van der Waals surface area contributed by atoms with Crippen LogP contribution in [0, 0.1) is 0 Å². The second-order valence-corrected chi connectivity index (χ2v) is 5.71. The van der Waals surface area contributed by atoms with E-state index >= 15 is 0 Å². The zero-order valence-corrected chi connectivity index (χ0v) is 19.3. The van der Waals surface area contributed by atoms with Gasteiger partial charge in [-0.3, -0.25) is 9.78 Å². The number of carbonyl (C=O) groups is 1. The highest BCUT2D eigenvalue weighted by atomic mass is 79.9. The fourth-order valence-corrected chi connectivity index (χ4v) is 2.21. The molecule has 8 nitrogen and oxygen atoms in total. The summed E-state index contributed by atoms with van der Waals surface area (Å²) in [6.07, 6.45) is 13.6. The second kappa shape index (κ2) is 14.9. The molecule has 3 heterocycles. The van der Waals surface area contributed by atoms with Crippen LogP contribution >= 0.6 is 0 Å². The van der Waals surface area contributed by atoms with Crippen LogP contribution in [0.5, 0.6) is 0 Å². The van der Waals surface area contributed by atoms with E-state index in [1.54, 1.807) is 24.5 Å². The summed E-state index contributed by atoms with van der Waals surface area (Å²) in [6.45, 7) is 2.20. The number of oxime groups is 2. The first-order chi connectivity index (χ1) is 13.6. The predicted octanol–water partition coefficient (Wildman–Crippen LogP) is -4.32. The molecule has 2 N–H and O–H groups in total. The monoisotopic (exact) mass is 537 g/mol. The third-order valence-electron chi connectivity index (χ3n) is 3.66. The van der Waals surface area contributed by atoms with Crippen molar-refractivity contribution in [2.75, 3.05) is 0 Å². The maximum atomic E-state index is 10.6. The predicted molar refractivity (Wildman–Crippen MR) is 102 cm³/mol. The summed E-state index contributed by atoms with van der Waals surface area (Å²) < 4.78 is 3.96. The Labute approximate surface area is 195 Å². The molecule has 3 rings (SSSR count). The lowest BCUT2D eigenvalue weighted by Gasteiger charge is -1.95. The van der Waals surface area contributed by atoms with Gasteiger partial charge < -0.3 is 44.4 Å². The maximum absolute atomic E-state index is 10.6. The molecule has 3 aromatic heterocycles. The minimum Gasteiger partial charge on any atom is -1.00 e. The molecule has 0 aliphatic carbocycles. The fraction of sp³-hybridized carbons (Fsp3) is 0.100. The van der Waals surface area contributed by atoms with Crippen LogP contribution in [0.1, 0.15) is 28.4 Å².